The maximum Gasteiger partial charge on any atom is 0.346 e. The van der Waals surface area contributed by atoms with Crippen molar-refractivity contribution in [1.29, 1.82) is 5.26 Å². The van der Waals surface area contributed by atoms with E-state index in [1.54, 1.807) is 18.2 Å². The van der Waals surface area contributed by atoms with E-state index in [-0.39, 0.29) is 5.57 Å². The van der Waals surface area contributed by atoms with Crippen molar-refractivity contribution in [3.8, 4) is 6.07 Å². The highest BCUT2D eigenvalue weighted by Crippen LogP contribution is 2.12. The molecule has 1 aromatic rings. The number of carboxylic acids is 1. The van der Waals surface area contributed by atoms with Crippen LogP contribution in [0.4, 0.5) is 0 Å². The second kappa shape index (κ2) is 3.69. The van der Waals surface area contributed by atoms with Crippen LogP contribution in [0.2, 0.25) is 0 Å². The van der Waals surface area contributed by atoms with Gasteiger partial charge >= 0.3 is 5.97 Å². The molecule has 0 radical (unpaired) electrons. The lowest BCUT2D eigenvalue weighted by Gasteiger charge is -1.86. The average molecular weight is 179 g/mol. The highest BCUT2D eigenvalue weighted by atomic mass is 32.1. The first-order valence-electron chi connectivity index (χ1n) is 3.12. The molecule has 0 bridgehead atoms. The number of nitrogens with zero attached hydrogens (tertiary/aromatic N) is 1. The number of thiophene rings is 1. The predicted octanol–water partition coefficient (Wildman–Crippen LogP) is 1.74. The first-order chi connectivity index (χ1) is 5.74. The van der Waals surface area contributed by atoms with Crippen LogP contribution in [0.1, 0.15) is 4.88 Å². The van der Waals surface area contributed by atoms with Crippen LogP contribution in [0.25, 0.3) is 6.08 Å². The van der Waals surface area contributed by atoms with Gasteiger partial charge in [-0.15, -0.1) is 11.3 Å². The van der Waals surface area contributed by atoms with Crippen molar-refractivity contribution in [2.45, 2.75) is 0 Å². The van der Waals surface area contributed by atoms with Gasteiger partial charge in [0.1, 0.15) is 11.6 Å². The zero-order chi connectivity index (χ0) is 8.97. The van der Waals surface area contributed by atoms with Crippen molar-refractivity contribution in [3.63, 3.8) is 0 Å². The standard InChI is InChI=1S/C8H5NO2S/c9-5-6(8(10)11)4-7-2-1-3-12-7/h1-4H,(H,10,11). The van der Waals surface area contributed by atoms with Crippen molar-refractivity contribution < 1.29 is 9.90 Å². The number of carboxylic acid groups (broad SMARTS) is 1. The Morgan fingerprint density at radius 1 is 1.75 bits per heavy atom. The largest absolute Gasteiger partial charge is 0.477 e. The van der Waals surface area contributed by atoms with Gasteiger partial charge in [0.15, 0.2) is 0 Å². The Hall–Kier alpha value is -1.60. The van der Waals surface area contributed by atoms with E-state index in [1.165, 1.54) is 17.4 Å². The van der Waals surface area contributed by atoms with E-state index in [2.05, 4.69) is 0 Å². The molecule has 0 atom stereocenters. The van der Waals surface area contributed by atoms with Crippen molar-refractivity contribution in [2.24, 2.45) is 0 Å². The van der Waals surface area contributed by atoms with Crippen LogP contribution >= 0.6 is 11.3 Å². The lowest BCUT2D eigenvalue weighted by molar-refractivity contribution is -0.132. The summed E-state index contributed by atoms with van der Waals surface area (Å²) in [5.74, 6) is -1.19. The third-order valence-corrected chi connectivity index (χ3v) is 2.00. The van der Waals surface area contributed by atoms with E-state index in [9.17, 15) is 4.79 Å². The van der Waals surface area contributed by atoms with Crippen LogP contribution in [0.3, 0.4) is 0 Å². The average Bonchev–Trinajstić information content (AvgIpc) is 2.51. The van der Waals surface area contributed by atoms with Gasteiger partial charge in [-0.25, -0.2) is 4.79 Å². The molecule has 0 unspecified atom stereocenters. The molecule has 0 saturated heterocycles. The van der Waals surface area contributed by atoms with Crippen molar-refractivity contribution in [2.75, 3.05) is 0 Å². The molecule has 1 heterocycles. The van der Waals surface area contributed by atoms with E-state index in [0.29, 0.717) is 0 Å². The van der Waals surface area contributed by atoms with Crippen LogP contribution in [0, 0.1) is 11.3 Å². The molecule has 12 heavy (non-hydrogen) atoms. The molecule has 0 saturated carbocycles. The Morgan fingerprint density at radius 2 is 2.50 bits per heavy atom. The summed E-state index contributed by atoms with van der Waals surface area (Å²) in [7, 11) is 0. The Bertz CT molecular complexity index is 346. The van der Waals surface area contributed by atoms with E-state index < -0.39 is 5.97 Å². The Morgan fingerprint density at radius 3 is 2.92 bits per heavy atom. The van der Waals surface area contributed by atoms with E-state index in [4.69, 9.17) is 10.4 Å². The summed E-state index contributed by atoms with van der Waals surface area (Å²) in [6, 6.07) is 5.16. The Kier molecular flexibility index (Phi) is 2.62. The molecule has 1 N–H and O–H groups in total. The van der Waals surface area contributed by atoms with Crippen molar-refractivity contribution in [3.05, 3.63) is 28.0 Å². The maximum atomic E-state index is 10.4. The number of carbonyl (C=O) groups is 1. The summed E-state index contributed by atoms with van der Waals surface area (Å²) in [4.78, 5) is 11.1. The molecular formula is C8H5NO2S. The van der Waals surface area contributed by atoms with Gasteiger partial charge < -0.3 is 5.11 Å². The minimum absolute atomic E-state index is 0.238. The quantitative estimate of drug-likeness (QED) is 0.555. The second-order valence-corrected chi connectivity index (χ2v) is 2.97. The molecular weight excluding hydrogens is 174 g/mol. The van der Waals surface area contributed by atoms with Gasteiger partial charge in [0.05, 0.1) is 0 Å². The highest BCUT2D eigenvalue weighted by Gasteiger charge is 2.05. The summed E-state index contributed by atoms with van der Waals surface area (Å²) in [5, 5.41) is 18.7. The Balaban J connectivity index is 2.95. The van der Waals surface area contributed by atoms with Crippen LogP contribution < -0.4 is 0 Å². The van der Waals surface area contributed by atoms with Crippen molar-refractivity contribution in [1.82, 2.24) is 0 Å². The van der Waals surface area contributed by atoms with Crippen LogP contribution in [-0.4, -0.2) is 11.1 Å². The highest BCUT2D eigenvalue weighted by molar-refractivity contribution is 7.10. The molecule has 0 spiro atoms. The van der Waals surface area contributed by atoms with Crippen LogP contribution in [0.5, 0.6) is 0 Å². The van der Waals surface area contributed by atoms with Gasteiger partial charge in [0.2, 0.25) is 0 Å². The minimum Gasteiger partial charge on any atom is -0.477 e. The molecule has 0 fully saturated rings. The number of aliphatic carboxylic acids is 1. The molecule has 0 aliphatic heterocycles. The fourth-order valence-electron chi connectivity index (χ4n) is 0.657. The summed E-state index contributed by atoms with van der Waals surface area (Å²) >= 11 is 1.39. The van der Waals surface area contributed by atoms with Crippen molar-refractivity contribution >= 4 is 23.4 Å². The van der Waals surface area contributed by atoms with Gasteiger partial charge in [0.25, 0.3) is 0 Å². The SMILES string of the molecule is N#CC(=Cc1cccs1)C(=O)O. The normalized spacial score (nSPS) is 10.8. The lowest BCUT2D eigenvalue weighted by atomic mass is 10.2. The summed E-state index contributed by atoms with van der Waals surface area (Å²) in [6.45, 7) is 0. The lowest BCUT2D eigenvalue weighted by Crippen LogP contribution is -1.96. The zero-order valence-electron chi connectivity index (χ0n) is 6.02. The maximum absolute atomic E-state index is 10.4. The topological polar surface area (TPSA) is 61.1 Å². The van der Waals surface area contributed by atoms with Gasteiger partial charge in [0, 0.05) is 4.88 Å². The third kappa shape index (κ3) is 1.94. The zero-order valence-corrected chi connectivity index (χ0v) is 6.84. The number of hydrogen-bond donors (Lipinski definition) is 1. The monoisotopic (exact) mass is 179 g/mol. The van der Waals surface area contributed by atoms with Gasteiger partial charge in [-0.2, -0.15) is 5.26 Å². The smallest absolute Gasteiger partial charge is 0.346 e. The van der Waals surface area contributed by atoms with Gasteiger partial charge in [-0.1, -0.05) is 6.07 Å². The second-order valence-electron chi connectivity index (χ2n) is 1.99. The predicted molar refractivity (Wildman–Crippen MR) is 45.5 cm³/mol. The third-order valence-electron chi connectivity index (χ3n) is 1.18. The van der Waals surface area contributed by atoms with E-state index in [0.717, 1.165) is 4.88 Å². The number of nitriles is 1. The molecule has 0 aromatic carbocycles. The first kappa shape index (κ1) is 8.50. The molecule has 60 valence electrons. The first-order valence-corrected chi connectivity index (χ1v) is 4.00. The van der Waals surface area contributed by atoms with E-state index in [1.807, 2.05) is 5.38 Å². The molecule has 4 heteroatoms. The Labute approximate surface area is 73.2 Å². The molecule has 3 nitrogen and oxygen atoms in total. The summed E-state index contributed by atoms with van der Waals surface area (Å²) in [6.07, 6.45) is 1.35. The molecule has 0 aliphatic carbocycles. The van der Waals surface area contributed by atoms with Gasteiger partial charge in [-0.3, -0.25) is 0 Å². The number of rotatable bonds is 2. The van der Waals surface area contributed by atoms with Crippen LogP contribution in [0.15, 0.2) is 23.1 Å². The molecule has 0 amide bonds. The van der Waals surface area contributed by atoms with Crippen LogP contribution in [-0.2, 0) is 4.79 Å². The molecule has 0 aliphatic rings. The summed E-state index contributed by atoms with van der Waals surface area (Å²) < 4.78 is 0. The molecule has 1 aromatic heterocycles. The minimum atomic E-state index is -1.19. The fourth-order valence-corrected chi connectivity index (χ4v) is 1.31. The van der Waals surface area contributed by atoms with E-state index >= 15 is 0 Å². The summed E-state index contributed by atoms with van der Waals surface area (Å²) in [5.41, 5.74) is -0.238. The fraction of sp³-hybridized carbons (Fsp3) is 0. The molecule has 1 rings (SSSR count). The van der Waals surface area contributed by atoms with Gasteiger partial charge in [-0.05, 0) is 17.5 Å². The number of hydrogen-bond acceptors (Lipinski definition) is 3.